The highest BCUT2D eigenvalue weighted by Crippen LogP contribution is 2.35. The summed E-state index contributed by atoms with van der Waals surface area (Å²) in [6.07, 6.45) is 1.58. The lowest BCUT2D eigenvalue weighted by atomic mass is 10.2. The minimum Gasteiger partial charge on any atom is -0.469 e. The van der Waals surface area contributed by atoms with E-state index in [2.05, 4.69) is 14.9 Å². The molecule has 9 heteroatoms. The Labute approximate surface area is 141 Å². The minimum atomic E-state index is -0.516. The van der Waals surface area contributed by atoms with Crippen molar-refractivity contribution in [1.82, 2.24) is 14.9 Å². The maximum absolute atomic E-state index is 11.5. The smallest absolute Gasteiger partial charge is 0.373 e. The van der Waals surface area contributed by atoms with Gasteiger partial charge in [0.1, 0.15) is 11.5 Å². The number of thioether (sulfide) groups is 1. The van der Waals surface area contributed by atoms with Crippen LogP contribution in [-0.4, -0.2) is 28.0 Å². The topological polar surface area (TPSA) is 109 Å². The summed E-state index contributed by atoms with van der Waals surface area (Å²) in [5.41, 5.74) is 0.787. The molecule has 3 heterocycles. The summed E-state index contributed by atoms with van der Waals surface area (Å²) < 4.78 is 16.8. The number of nitrogens with two attached hydrogens (primary N) is 1. The van der Waals surface area contributed by atoms with Gasteiger partial charge in [0.2, 0.25) is 10.9 Å². The van der Waals surface area contributed by atoms with Crippen LogP contribution in [0.5, 0.6) is 0 Å². The maximum atomic E-state index is 11.5. The molecule has 126 valence electrons. The van der Waals surface area contributed by atoms with Gasteiger partial charge in [-0.2, -0.15) is 0 Å². The second-order valence-electron chi connectivity index (χ2n) is 5.02. The van der Waals surface area contributed by atoms with Gasteiger partial charge < -0.3 is 19.4 Å². The number of ether oxygens (including phenoxy) is 1. The Bertz CT molecular complexity index is 867. The van der Waals surface area contributed by atoms with Crippen LogP contribution in [0.3, 0.4) is 0 Å². The van der Waals surface area contributed by atoms with Gasteiger partial charge in [-0.1, -0.05) is 11.8 Å². The monoisotopic (exact) mass is 348 g/mol. The molecule has 0 aromatic carbocycles. The number of furan rings is 2. The first-order valence-corrected chi connectivity index (χ1v) is 7.99. The molecule has 0 aliphatic heterocycles. The Balaban J connectivity index is 1.79. The lowest BCUT2D eigenvalue weighted by molar-refractivity contribution is 0.0563. The van der Waals surface area contributed by atoms with Gasteiger partial charge in [-0.05, 0) is 32.0 Å². The zero-order chi connectivity index (χ0) is 17.3. The number of carbonyl (C=O) groups excluding carboxylic acids is 1. The average Bonchev–Trinajstić information content (AvgIpc) is 3.28. The van der Waals surface area contributed by atoms with E-state index in [0.717, 1.165) is 5.56 Å². The molecule has 0 saturated carbocycles. The van der Waals surface area contributed by atoms with E-state index < -0.39 is 5.97 Å². The van der Waals surface area contributed by atoms with Crippen LogP contribution in [0.2, 0.25) is 0 Å². The number of hydrogen-bond donors (Lipinski definition) is 1. The van der Waals surface area contributed by atoms with Crippen LogP contribution < -0.4 is 5.84 Å². The van der Waals surface area contributed by atoms with Crippen molar-refractivity contribution in [1.29, 1.82) is 0 Å². The van der Waals surface area contributed by atoms with Crippen molar-refractivity contribution in [3.05, 3.63) is 41.7 Å². The van der Waals surface area contributed by atoms with Crippen LogP contribution in [0.4, 0.5) is 0 Å². The van der Waals surface area contributed by atoms with Gasteiger partial charge in [0.15, 0.2) is 5.82 Å². The number of aromatic nitrogens is 3. The largest absolute Gasteiger partial charge is 0.469 e. The first kappa shape index (κ1) is 16.2. The number of esters is 1. The summed E-state index contributed by atoms with van der Waals surface area (Å²) in [7, 11) is 1.30. The molecule has 1 atom stereocenters. The Kier molecular flexibility index (Phi) is 4.34. The van der Waals surface area contributed by atoms with Crippen molar-refractivity contribution in [3.63, 3.8) is 0 Å². The van der Waals surface area contributed by atoms with Crippen molar-refractivity contribution >= 4 is 17.7 Å². The molecule has 24 heavy (non-hydrogen) atoms. The van der Waals surface area contributed by atoms with E-state index in [4.69, 9.17) is 14.7 Å². The van der Waals surface area contributed by atoms with Crippen molar-refractivity contribution in [2.24, 2.45) is 0 Å². The molecule has 0 aliphatic carbocycles. The fourth-order valence-electron chi connectivity index (χ4n) is 2.16. The molecule has 0 spiro atoms. The fourth-order valence-corrected chi connectivity index (χ4v) is 3.00. The SMILES string of the molecule is COC(=O)c1ccc(C(C)Sc2nnc(-c3ccoc3C)n2N)o1. The molecule has 1 unspecified atom stereocenters. The lowest BCUT2D eigenvalue weighted by Gasteiger charge is -2.08. The van der Waals surface area contributed by atoms with Gasteiger partial charge in [0.25, 0.3) is 0 Å². The van der Waals surface area contributed by atoms with Crippen molar-refractivity contribution < 1.29 is 18.4 Å². The highest BCUT2D eigenvalue weighted by molar-refractivity contribution is 7.99. The lowest BCUT2D eigenvalue weighted by Crippen LogP contribution is -2.12. The van der Waals surface area contributed by atoms with Crippen LogP contribution in [-0.2, 0) is 4.74 Å². The third kappa shape index (κ3) is 2.90. The van der Waals surface area contributed by atoms with Crippen LogP contribution in [0.15, 0.2) is 38.5 Å². The summed E-state index contributed by atoms with van der Waals surface area (Å²) >= 11 is 1.37. The number of methoxy groups -OCH3 is 1. The number of nitrogens with zero attached hydrogens (tertiary/aromatic N) is 3. The highest BCUT2D eigenvalue weighted by atomic mass is 32.2. The molecular formula is C15H16N4O4S. The first-order valence-electron chi connectivity index (χ1n) is 7.11. The Morgan fingerprint density at radius 1 is 1.38 bits per heavy atom. The molecule has 2 N–H and O–H groups in total. The van der Waals surface area contributed by atoms with Crippen molar-refractivity contribution in [2.75, 3.05) is 13.0 Å². The molecule has 0 aliphatic rings. The second kappa shape index (κ2) is 6.44. The second-order valence-corrected chi connectivity index (χ2v) is 6.33. The Morgan fingerprint density at radius 2 is 2.17 bits per heavy atom. The average molecular weight is 348 g/mol. The molecule has 0 radical (unpaired) electrons. The van der Waals surface area contributed by atoms with E-state index in [9.17, 15) is 4.79 Å². The molecule has 3 aromatic heterocycles. The van der Waals surface area contributed by atoms with Gasteiger partial charge in [-0.25, -0.2) is 9.47 Å². The third-order valence-electron chi connectivity index (χ3n) is 3.46. The van der Waals surface area contributed by atoms with E-state index in [1.807, 2.05) is 13.8 Å². The molecule has 0 saturated heterocycles. The molecule has 3 aromatic rings. The predicted octanol–water partition coefficient (Wildman–Crippen LogP) is 2.79. The zero-order valence-electron chi connectivity index (χ0n) is 13.3. The molecule has 0 fully saturated rings. The number of nitrogen functional groups attached to an aromatic ring is 1. The number of carbonyl (C=O) groups is 1. The molecule has 3 rings (SSSR count). The summed E-state index contributed by atoms with van der Waals surface area (Å²) in [6, 6.07) is 5.09. The van der Waals surface area contributed by atoms with E-state index in [1.54, 1.807) is 24.5 Å². The van der Waals surface area contributed by atoms with Crippen LogP contribution in [0, 0.1) is 6.92 Å². The molecule has 0 bridgehead atoms. The van der Waals surface area contributed by atoms with Gasteiger partial charge in [-0.15, -0.1) is 10.2 Å². The first-order chi connectivity index (χ1) is 11.5. The normalized spacial score (nSPS) is 12.3. The zero-order valence-corrected chi connectivity index (χ0v) is 14.2. The maximum Gasteiger partial charge on any atom is 0.373 e. The van der Waals surface area contributed by atoms with Crippen molar-refractivity contribution in [3.8, 4) is 11.4 Å². The standard InChI is InChI=1S/C15H16N4O4S/c1-8-10(6-7-22-8)13-17-18-15(19(13)16)24-9(2)11-4-5-12(23-11)14(20)21-3/h4-7,9H,16H2,1-3H3. The summed E-state index contributed by atoms with van der Waals surface area (Å²) in [5, 5.41) is 8.63. The van der Waals surface area contributed by atoms with E-state index in [-0.39, 0.29) is 11.0 Å². The van der Waals surface area contributed by atoms with Gasteiger partial charge in [0.05, 0.1) is 24.2 Å². The molecule has 0 amide bonds. The third-order valence-corrected chi connectivity index (χ3v) is 4.54. The van der Waals surface area contributed by atoms with E-state index in [0.29, 0.717) is 22.5 Å². The number of rotatable bonds is 5. The van der Waals surface area contributed by atoms with Crippen LogP contribution >= 0.6 is 11.8 Å². The highest BCUT2D eigenvalue weighted by Gasteiger charge is 2.21. The predicted molar refractivity (Wildman–Crippen MR) is 86.9 cm³/mol. The molecule has 8 nitrogen and oxygen atoms in total. The summed E-state index contributed by atoms with van der Waals surface area (Å²) in [6.45, 7) is 3.75. The van der Waals surface area contributed by atoms with Crippen LogP contribution in [0.1, 0.15) is 34.2 Å². The van der Waals surface area contributed by atoms with Gasteiger partial charge >= 0.3 is 5.97 Å². The van der Waals surface area contributed by atoms with Crippen LogP contribution in [0.25, 0.3) is 11.4 Å². The summed E-state index contributed by atoms with van der Waals surface area (Å²) in [5.74, 6) is 7.58. The van der Waals surface area contributed by atoms with Gasteiger partial charge in [-0.3, -0.25) is 0 Å². The molecular weight excluding hydrogens is 332 g/mol. The van der Waals surface area contributed by atoms with E-state index in [1.165, 1.54) is 23.5 Å². The van der Waals surface area contributed by atoms with E-state index >= 15 is 0 Å². The Hall–Kier alpha value is -2.68. The minimum absolute atomic E-state index is 0.117. The number of aryl methyl sites for hydroxylation is 1. The fraction of sp³-hybridized carbons (Fsp3) is 0.267. The number of hydrogen-bond acceptors (Lipinski definition) is 8. The quantitative estimate of drug-likeness (QED) is 0.426. The Morgan fingerprint density at radius 3 is 2.83 bits per heavy atom. The van der Waals surface area contributed by atoms with Gasteiger partial charge in [0, 0.05) is 0 Å². The summed E-state index contributed by atoms with van der Waals surface area (Å²) in [4.78, 5) is 11.5. The van der Waals surface area contributed by atoms with Crippen molar-refractivity contribution in [2.45, 2.75) is 24.3 Å².